The quantitative estimate of drug-likeness (QED) is 0.834. The second-order valence-electron chi connectivity index (χ2n) is 4.33. The van der Waals surface area contributed by atoms with Gasteiger partial charge in [-0.2, -0.15) is 4.98 Å². The lowest BCUT2D eigenvalue weighted by molar-refractivity contribution is 0.127. The summed E-state index contributed by atoms with van der Waals surface area (Å²) in [6.07, 6.45) is 0. The van der Waals surface area contributed by atoms with Crippen molar-refractivity contribution in [2.24, 2.45) is 0 Å². The Morgan fingerprint density at radius 2 is 2.11 bits per heavy atom. The topological polar surface area (TPSA) is 74.5 Å². The van der Waals surface area contributed by atoms with Gasteiger partial charge in [-0.1, -0.05) is 5.16 Å². The number of carbonyl (C=O) groups excluding carboxylic acids is 1. The molecule has 1 aromatic heterocycles. The molecule has 2 heterocycles. The van der Waals surface area contributed by atoms with E-state index in [9.17, 15) is 4.79 Å². The molecule has 1 aliphatic rings. The zero-order chi connectivity index (χ0) is 13.0. The number of carbonyl (C=O) groups is 1. The number of aromatic nitrogens is 2. The Kier molecular flexibility index (Phi) is 4.14. The van der Waals surface area contributed by atoms with Crippen LogP contribution in [-0.4, -0.2) is 58.7 Å². The average molecular weight is 253 g/mol. The maximum Gasteiger partial charge on any atom is 0.317 e. The summed E-state index contributed by atoms with van der Waals surface area (Å²) in [6, 6.07) is 0.0192. The van der Waals surface area contributed by atoms with Gasteiger partial charge in [0.25, 0.3) is 0 Å². The van der Waals surface area contributed by atoms with E-state index in [-0.39, 0.29) is 6.03 Å². The molecule has 0 aromatic carbocycles. The van der Waals surface area contributed by atoms with Crippen molar-refractivity contribution >= 4 is 6.03 Å². The third-order valence-electron chi connectivity index (χ3n) is 2.92. The Morgan fingerprint density at radius 1 is 1.39 bits per heavy atom. The molecule has 100 valence electrons. The molecule has 1 fully saturated rings. The third-order valence-corrected chi connectivity index (χ3v) is 2.92. The average Bonchev–Trinajstić information content (AvgIpc) is 2.76. The van der Waals surface area contributed by atoms with Crippen LogP contribution < -0.4 is 5.32 Å². The predicted molar refractivity (Wildman–Crippen MR) is 65.0 cm³/mol. The highest BCUT2D eigenvalue weighted by atomic mass is 16.5. The summed E-state index contributed by atoms with van der Waals surface area (Å²) in [6.45, 7) is 8.19. The number of hydrogen-bond acceptors (Lipinski definition) is 5. The van der Waals surface area contributed by atoms with Gasteiger partial charge in [-0.3, -0.25) is 4.90 Å². The molecule has 0 bridgehead atoms. The normalized spacial score (nSPS) is 16.9. The van der Waals surface area contributed by atoms with Crippen LogP contribution in [0.3, 0.4) is 0 Å². The first kappa shape index (κ1) is 12.8. The van der Waals surface area contributed by atoms with Crippen molar-refractivity contribution in [1.82, 2.24) is 25.3 Å². The highest BCUT2D eigenvalue weighted by molar-refractivity contribution is 5.74. The van der Waals surface area contributed by atoms with Gasteiger partial charge >= 0.3 is 6.03 Å². The number of hydrogen-bond donors (Lipinski definition) is 1. The van der Waals surface area contributed by atoms with Gasteiger partial charge in [-0.05, 0) is 13.8 Å². The minimum Gasteiger partial charge on any atom is -0.338 e. The molecule has 0 aliphatic carbocycles. The van der Waals surface area contributed by atoms with E-state index in [4.69, 9.17) is 4.52 Å². The van der Waals surface area contributed by atoms with E-state index in [2.05, 4.69) is 20.4 Å². The molecule has 2 rings (SSSR count). The highest BCUT2D eigenvalue weighted by Crippen LogP contribution is 2.07. The minimum absolute atomic E-state index is 0.0192. The lowest BCUT2D eigenvalue weighted by atomic mass is 10.3. The van der Waals surface area contributed by atoms with E-state index in [1.54, 1.807) is 6.92 Å². The third kappa shape index (κ3) is 3.19. The Bertz CT molecular complexity index is 398. The largest absolute Gasteiger partial charge is 0.338 e. The van der Waals surface area contributed by atoms with Gasteiger partial charge in [0.1, 0.15) is 0 Å². The van der Waals surface area contributed by atoms with E-state index >= 15 is 0 Å². The zero-order valence-electron chi connectivity index (χ0n) is 10.8. The number of nitrogens with one attached hydrogen (secondary N) is 1. The summed E-state index contributed by atoms with van der Waals surface area (Å²) in [7, 11) is 0. The SMILES string of the molecule is CCNC(=O)N1CCN(Cc2nc(C)no2)CC1. The van der Waals surface area contributed by atoms with E-state index in [0.29, 0.717) is 24.8 Å². The number of amides is 2. The summed E-state index contributed by atoms with van der Waals surface area (Å²) in [5, 5.41) is 6.57. The molecule has 7 heteroatoms. The van der Waals surface area contributed by atoms with Crippen LogP contribution in [-0.2, 0) is 6.54 Å². The van der Waals surface area contributed by atoms with Crippen molar-refractivity contribution in [2.75, 3.05) is 32.7 Å². The molecule has 0 unspecified atom stereocenters. The Morgan fingerprint density at radius 3 is 2.67 bits per heavy atom. The van der Waals surface area contributed by atoms with E-state index < -0.39 is 0 Å². The maximum atomic E-state index is 11.6. The number of urea groups is 1. The first-order valence-electron chi connectivity index (χ1n) is 6.23. The van der Waals surface area contributed by atoms with Gasteiger partial charge in [-0.25, -0.2) is 4.79 Å². The van der Waals surface area contributed by atoms with Gasteiger partial charge in [0.2, 0.25) is 5.89 Å². The maximum absolute atomic E-state index is 11.6. The minimum atomic E-state index is 0.0192. The second-order valence-corrected chi connectivity index (χ2v) is 4.33. The van der Waals surface area contributed by atoms with Crippen LogP contribution in [0.1, 0.15) is 18.6 Å². The fraction of sp³-hybridized carbons (Fsp3) is 0.727. The fourth-order valence-corrected chi connectivity index (χ4v) is 1.97. The monoisotopic (exact) mass is 253 g/mol. The predicted octanol–water partition coefficient (Wildman–Crippen LogP) is 0.225. The number of rotatable bonds is 3. The second kappa shape index (κ2) is 5.81. The molecule has 7 nitrogen and oxygen atoms in total. The molecular weight excluding hydrogens is 234 g/mol. The van der Waals surface area contributed by atoms with E-state index in [0.717, 1.165) is 26.2 Å². The van der Waals surface area contributed by atoms with Crippen LogP contribution in [0.2, 0.25) is 0 Å². The van der Waals surface area contributed by atoms with Crippen LogP contribution in [0.5, 0.6) is 0 Å². The molecule has 0 radical (unpaired) electrons. The Balaban J connectivity index is 1.78. The molecular formula is C11H19N5O2. The molecule has 2 amide bonds. The Labute approximate surface area is 106 Å². The fourth-order valence-electron chi connectivity index (χ4n) is 1.97. The number of aryl methyl sites for hydroxylation is 1. The van der Waals surface area contributed by atoms with Crippen LogP contribution in [0.4, 0.5) is 4.79 Å². The van der Waals surface area contributed by atoms with Crippen molar-refractivity contribution in [3.63, 3.8) is 0 Å². The number of nitrogens with zero attached hydrogens (tertiary/aromatic N) is 4. The summed E-state index contributed by atoms with van der Waals surface area (Å²) < 4.78 is 5.08. The molecule has 1 saturated heterocycles. The van der Waals surface area contributed by atoms with Gasteiger partial charge in [0, 0.05) is 32.7 Å². The first-order chi connectivity index (χ1) is 8.69. The molecule has 1 aliphatic heterocycles. The van der Waals surface area contributed by atoms with Crippen molar-refractivity contribution < 1.29 is 9.32 Å². The molecule has 18 heavy (non-hydrogen) atoms. The summed E-state index contributed by atoms with van der Waals surface area (Å²) >= 11 is 0. The molecule has 0 spiro atoms. The van der Waals surface area contributed by atoms with E-state index in [1.165, 1.54) is 0 Å². The zero-order valence-corrected chi connectivity index (χ0v) is 10.8. The van der Waals surface area contributed by atoms with Gasteiger partial charge < -0.3 is 14.7 Å². The van der Waals surface area contributed by atoms with E-state index in [1.807, 2.05) is 11.8 Å². The summed E-state index contributed by atoms with van der Waals surface area (Å²) in [5.74, 6) is 1.30. The lowest BCUT2D eigenvalue weighted by Gasteiger charge is -2.33. The summed E-state index contributed by atoms with van der Waals surface area (Å²) in [5.41, 5.74) is 0. The molecule has 1 aromatic rings. The van der Waals surface area contributed by atoms with Crippen LogP contribution in [0, 0.1) is 6.92 Å². The highest BCUT2D eigenvalue weighted by Gasteiger charge is 2.21. The Hall–Kier alpha value is -1.63. The van der Waals surface area contributed by atoms with Crippen LogP contribution in [0.25, 0.3) is 0 Å². The molecule has 1 N–H and O–H groups in total. The summed E-state index contributed by atoms with van der Waals surface area (Å²) in [4.78, 5) is 19.8. The van der Waals surface area contributed by atoms with Gasteiger partial charge in [0.05, 0.1) is 6.54 Å². The molecule has 0 saturated carbocycles. The lowest BCUT2D eigenvalue weighted by Crippen LogP contribution is -2.51. The standard InChI is InChI=1S/C11H19N5O2/c1-3-12-11(17)16-6-4-15(5-7-16)8-10-13-9(2)14-18-10/h3-8H2,1-2H3,(H,12,17). The van der Waals surface area contributed by atoms with Crippen molar-refractivity contribution in [1.29, 1.82) is 0 Å². The van der Waals surface area contributed by atoms with Crippen molar-refractivity contribution in [3.8, 4) is 0 Å². The van der Waals surface area contributed by atoms with Crippen molar-refractivity contribution in [2.45, 2.75) is 20.4 Å². The number of piperazine rings is 1. The first-order valence-corrected chi connectivity index (χ1v) is 6.23. The van der Waals surface area contributed by atoms with Crippen LogP contribution >= 0.6 is 0 Å². The van der Waals surface area contributed by atoms with Crippen molar-refractivity contribution in [3.05, 3.63) is 11.7 Å². The van der Waals surface area contributed by atoms with Crippen LogP contribution in [0.15, 0.2) is 4.52 Å². The van der Waals surface area contributed by atoms with Gasteiger partial charge in [0.15, 0.2) is 5.82 Å². The van der Waals surface area contributed by atoms with Gasteiger partial charge in [-0.15, -0.1) is 0 Å². The molecule has 0 atom stereocenters. The smallest absolute Gasteiger partial charge is 0.317 e.